The summed E-state index contributed by atoms with van der Waals surface area (Å²) < 4.78 is 5.16. The van der Waals surface area contributed by atoms with Crippen molar-refractivity contribution in [3.63, 3.8) is 0 Å². The van der Waals surface area contributed by atoms with Crippen LogP contribution in [0, 0.1) is 0 Å². The van der Waals surface area contributed by atoms with Gasteiger partial charge in [-0.15, -0.1) is 11.3 Å². The van der Waals surface area contributed by atoms with Crippen molar-refractivity contribution in [3.8, 4) is 5.75 Å². The van der Waals surface area contributed by atoms with Crippen LogP contribution < -0.4 is 15.4 Å². The Labute approximate surface area is 180 Å². The van der Waals surface area contributed by atoms with Gasteiger partial charge in [-0.3, -0.25) is 14.4 Å². The summed E-state index contributed by atoms with van der Waals surface area (Å²) in [5, 5.41) is 7.77. The molecule has 0 spiro atoms. The summed E-state index contributed by atoms with van der Waals surface area (Å²) in [6.45, 7) is 5.81. The van der Waals surface area contributed by atoms with Crippen LogP contribution in [-0.2, 0) is 20.9 Å². The Morgan fingerprint density at radius 1 is 1.10 bits per heavy atom. The molecule has 0 bridgehead atoms. The highest BCUT2D eigenvalue weighted by Gasteiger charge is 2.21. The minimum atomic E-state index is -0.403. The molecule has 2 rings (SSSR count). The largest absolute Gasteiger partial charge is 0.497 e. The van der Waals surface area contributed by atoms with Crippen molar-refractivity contribution in [1.82, 2.24) is 15.2 Å². The number of aromatic nitrogens is 1. The van der Waals surface area contributed by atoms with Crippen molar-refractivity contribution in [2.45, 2.75) is 45.7 Å². The van der Waals surface area contributed by atoms with Gasteiger partial charge >= 0.3 is 0 Å². The highest BCUT2D eigenvalue weighted by molar-refractivity contribution is 7.13. The zero-order chi connectivity index (χ0) is 22.1. The maximum atomic E-state index is 12.8. The average molecular weight is 433 g/mol. The van der Waals surface area contributed by atoms with Gasteiger partial charge in [0.05, 0.1) is 13.7 Å². The third-order valence-electron chi connectivity index (χ3n) is 3.98. The Morgan fingerprint density at radius 2 is 1.80 bits per heavy atom. The van der Waals surface area contributed by atoms with Crippen LogP contribution in [0.4, 0.5) is 5.13 Å². The summed E-state index contributed by atoms with van der Waals surface area (Å²) in [5.41, 5.74) is 0.458. The third-order valence-corrected chi connectivity index (χ3v) is 4.67. The molecule has 3 amide bonds. The summed E-state index contributed by atoms with van der Waals surface area (Å²) in [6.07, 6.45) is 1.60. The molecule has 1 aromatic heterocycles. The lowest BCUT2D eigenvalue weighted by Crippen LogP contribution is -2.47. The molecule has 162 valence electrons. The first-order valence-corrected chi connectivity index (χ1v) is 10.5. The first kappa shape index (κ1) is 23.3. The van der Waals surface area contributed by atoms with Crippen molar-refractivity contribution in [2.24, 2.45) is 0 Å². The van der Waals surface area contributed by atoms with Gasteiger partial charge in [0, 0.05) is 36.5 Å². The van der Waals surface area contributed by atoms with Gasteiger partial charge in [-0.25, -0.2) is 4.98 Å². The lowest BCUT2D eigenvalue weighted by atomic mass is 10.1. The lowest BCUT2D eigenvalue weighted by molar-refractivity contribution is -0.137. The number of rotatable bonds is 9. The van der Waals surface area contributed by atoms with Crippen LogP contribution >= 0.6 is 11.3 Å². The standard InChI is InChI=1S/C21H28N4O4S/c1-21(2,3)24-18(27)14-25(13-15-5-7-16(29-4)8-6-15)19(28)10-9-17(26)23-20-22-11-12-30-20/h5-8,11-12H,9-10,13-14H2,1-4H3,(H,24,27)(H,22,23,26). The van der Waals surface area contributed by atoms with E-state index in [0.717, 1.165) is 5.56 Å². The van der Waals surface area contributed by atoms with Gasteiger partial charge < -0.3 is 20.3 Å². The maximum absolute atomic E-state index is 12.8. The highest BCUT2D eigenvalue weighted by Crippen LogP contribution is 2.15. The number of thiazole rings is 1. The van der Waals surface area contributed by atoms with Crippen molar-refractivity contribution >= 4 is 34.2 Å². The number of ether oxygens (including phenoxy) is 1. The van der Waals surface area contributed by atoms with E-state index < -0.39 is 5.54 Å². The van der Waals surface area contributed by atoms with Crippen LogP contribution in [0.2, 0.25) is 0 Å². The number of nitrogens with one attached hydrogen (secondary N) is 2. The molecule has 0 fully saturated rings. The summed E-state index contributed by atoms with van der Waals surface area (Å²) in [6, 6.07) is 7.29. The molecule has 0 aliphatic carbocycles. The summed E-state index contributed by atoms with van der Waals surface area (Å²) in [5.74, 6) is -0.108. The molecule has 0 radical (unpaired) electrons. The van der Waals surface area contributed by atoms with E-state index in [4.69, 9.17) is 4.74 Å². The second kappa shape index (κ2) is 10.7. The van der Waals surface area contributed by atoms with Crippen molar-refractivity contribution in [3.05, 3.63) is 41.4 Å². The van der Waals surface area contributed by atoms with Crippen LogP contribution in [0.3, 0.4) is 0 Å². The number of benzene rings is 1. The number of carbonyl (C=O) groups is 3. The number of methoxy groups -OCH3 is 1. The SMILES string of the molecule is COc1ccc(CN(CC(=O)NC(C)(C)C)C(=O)CCC(=O)Nc2nccs2)cc1. The molecule has 0 atom stereocenters. The summed E-state index contributed by atoms with van der Waals surface area (Å²) in [4.78, 5) is 42.7. The minimum Gasteiger partial charge on any atom is -0.497 e. The fraction of sp³-hybridized carbons (Fsp3) is 0.429. The summed E-state index contributed by atoms with van der Waals surface area (Å²) in [7, 11) is 1.58. The number of amides is 3. The molecule has 0 saturated heterocycles. The molecule has 0 unspecified atom stereocenters. The van der Waals surface area contributed by atoms with Crippen molar-refractivity contribution in [1.29, 1.82) is 0 Å². The van der Waals surface area contributed by atoms with E-state index in [2.05, 4.69) is 15.6 Å². The van der Waals surface area contributed by atoms with Gasteiger partial charge in [-0.1, -0.05) is 12.1 Å². The molecule has 0 aliphatic heterocycles. The first-order valence-electron chi connectivity index (χ1n) is 9.57. The van der Waals surface area contributed by atoms with Crippen LogP contribution in [-0.4, -0.2) is 46.8 Å². The van der Waals surface area contributed by atoms with Crippen LogP contribution in [0.5, 0.6) is 5.75 Å². The number of hydrogen-bond acceptors (Lipinski definition) is 6. The Morgan fingerprint density at radius 3 is 2.37 bits per heavy atom. The van der Waals surface area contributed by atoms with E-state index in [9.17, 15) is 14.4 Å². The van der Waals surface area contributed by atoms with E-state index in [-0.39, 0.29) is 43.7 Å². The minimum absolute atomic E-state index is 0.00381. The molecule has 30 heavy (non-hydrogen) atoms. The normalized spacial score (nSPS) is 10.9. The zero-order valence-electron chi connectivity index (χ0n) is 17.7. The Kier molecular flexibility index (Phi) is 8.35. The third kappa shape index (κ3) is 8.20. The number of anilines is 1. The molecule has 2 aromatic rings. The Balaban J connectivity index is 2.01. The van der Waals surface area contributed by atoms with Crippen LogP contribution in [0.25, 0.3) is 0 Å². The Hall–Kier alpha value is -2.94. The predicted molar refractivity (Wildman–Crippen MR) is 116 cm³/mol. The quantitative estimate of drug-likeness (QED) is 0.635. The van der Waals surface area contributed by atoms with Crippen LogP contribution in [0.15, 0.2) is 35.8 Å². The van der Waals surface area contributed by atoms with E-state index in [0.29, 0.717) is 10.9 Å². The number of carbonyl (C=O) groups excluding carboxylic acids is 3. The molecule has 1 aromatic carbocycles. The Bertz CT molecular complexity index is 845. The van der Waals surface area contributed by atoms with E-state index >= 15 is 0 Å². The highest BCUT2D eigenvalue weighted by atomic mass is 32.1. The lowest BCUT2D eigenvalue weighted by Gasteiger charge is -2.26. The molecular weight excluding hydrogens is 404 g/mol. The van der Waals surface area contributed by atoms with Gasteiger partial charge in [-0.2, -0.15) is 0 Å². The fourth-order valence-corrected chi connectivity index (χ4v) is 3.21. The van der Waals surface area contributed by atoms with E-state index in [1.54, 1.807) is 30.8 Å². The molecular formula is C21H28N4O4S. The fourth-order valence-electron chi connectivity index (χ4n) is 2.66. The molecule has 2 N–H and O–H groups in total. The second-order valence-corrected chi connectivity index (χ2v) is 8.68. The summed E-state index contributed by atoms with van der Waals surface area (Å²) >= 11 is 1.31. The smallest absolute Gasteiger partial charge is 0.240 e. The van der Waals surface area contributed by atoms with E-state index in [1.807, 2.05) is 32.9 Å². The molecule has 9 heteroatoms. The zero-order valence-corrected chi connectivity index (χ0v) is 18.5. The van der Waals surface area contributed by atoms with E-state index in [1.165, 1.54) is 16.2 Å². The average Bonchev–Trinajstić information content (AvgIpc) is 3.17. The van der Waals surface area contributed by atoms with Gasteiger partial charge in [-0.05, 0) is 38.5 Å². The monoisotopic (exact) mass is 432 g/mol. The molecule has 0 saturated carbocycles. The van der Waals surface area contributed by atoms with Crippen molar-refractivity contribution in [2.75, 3.05) is 19.0 Å². The van der Waals surface area contributed by atoms with Gasteiger partial charge in [0.2, 0.25) is 17.7 Å². The first-order chi connectivity index (χ1) is 14.2. The topological polar surface area (TPSA) is 101 Å². The van der Waals surface area contributed by atoms with Crippen molar-refractivity contribution < 1.29 is 19.1 Å². The second-order valence-electron chi connectivity index (χ2n) is 7.78. The van der Waals surface area contributed by atoms with Crippen LogP contribution in [0.1, 0.15) is 39.2 Å². The molecule has 0 aliphatic rings. The molecule has 8 nitrogen and oxygen atoms in total. The van der Waals surface area contributed by atoms with Gasteiger partial charge in [0.1, 0.15) is 5.75 Å². The predicted octanol–water partition coefficient (Wildman–Crippen LogP) is 2.81. The maximum Gasteiger partial charge on any atom is 0.240 e. The number of hydrogen-bond donors (Lipinski definition) is 2. The number of nitrogens with zero attached hydrogens (tertiary/aromatic N) is 2. The van der Waals surface area contributed by atoms with Gasteiger partial charge in [0.15, 0.2) is 5.13 Å². The van der Waals surface area contributed by atoms with Gasteiger partial charge in [0.25, 0.3) is 0 Å². The molecule has 1 heterocycles.